The Labute approximate surface area is 298 Å². The number of benzene rings is 1. The Bertz CT molecular complexity index is 1810. The third-order valence-electron chi connectivity index (χ3n) is 11.7. The van der Waals surface area contributed by atoms with Gasteiger partial charge in [-0.05, 0) is 87.7 Å². The minimum absolute atomic E-state index is 0.200. The van der Waals surface area contributed by atoms with E-state index in [4.69, 9.17) is 9.47 Å². The SMILES string of the molecule is COC[C@@H](C)n1cc(-c2ncc(C(=O)NC3(C(=O)O)C4CC5CC(C4)CC3C5)c(C(F)(F)F)n2)c2ccc(OC3CCN(CC(C)(F)F)CC3)cc21. The van der Waals surface area contributed by atoms with Crippen LogP contribution in [0.1, 0.15) is 80.9 Å². The summed E-state index contributed by atoms with van der Waals surface area (Å²) >= 11 is 0. The number of carbonyl (C=O) groups excluding carboxylic acids is 1. The number of likely N-dealkylation sites (tertiary alicyclic amines) is 1. The highest BCUT2D eigenvalue weighted by molar-refractivity contribution is 6.00. The molecule has 1 saturated heterocycles. The van der Waals surface area contributed by atoms with E-state index in [2.05, 4.69) is 15.3 Å². The maximum atomic E-state index is 14.7. The van der Waals surface area contributed by atoms with E-state index in [1.165, 1.54) is 0 Å². The topological polar surface area (TPSA) is 119 Å². The number of nitrogens with zero attached hydrogens (tertiary/aromatic N) is 4. The second-order valence-corrected chi connectivity index (χ2v) is 15.5. The fourth-order valence-electron chi connectivity index (χ4n) is 9.62. The molecule has 3 heterocycles. The number of aromatic nitrogens is 3. The maximum absolute atomic E-state index is 14.7. The molecule has 8 rings (SSSR count). The van der Waals surface area contributed by atoms with Crippen molar-refractivity contribution in [3.8, 4) is 17.1 Å². The van der Waals surface area contributed by atoms with Crippen molar-refractivity contribution in [3.05, 3.63) is 41.9 Å². The number of piperidine rings is 1. The number of hydrogen-bond acceptors (Lipinski definition) is 7. The lowest BCUT2D eigenvalue weighted by Gasteiger charge is -2.59. The van der Waals surface area contributed by atoms with Crippen molar-refractivity contribution in [2.24, 2.45) is 23.7 Å². The second kappa shape index (κ2) is 13.5. The van der Waals surface area contributed by atoms with Gasteiger partial charge in [0.05, 0.1) is 30.3 Å². The van der Waals surface area contributed by atoms with E-state index >= 15 is 0 Å². The summed E-state index contributed by atoms with van der Waals surface area (Å²) in [5, 5.41) is 13.6. The van der Waals surface area contributed by atoms with Crippen LogP contribution in [0, 0.1) is 23.7 Å². The van der Waals surface area contributed by atoms with Gasteiger partial charge in [0, 0.05) is 56.5 Å². The predicted molar refractivity (Wildman–Crippen MR) is 180 cm³/mol. The first kappa shape index (κ1) is 36.5. The number of aliphatic carboxylic acids is 1. The predicted octanol–water partition coefficient (Wildman–Crippen LogP) is 6.83. The van der Waals surface area contributed by atoms with Crippen LogP contribution in [0.25, 0.3) is 22.3 Å². The minimum Gasteiger partial charge on any atom is -0.490 e. The Balaban J connectivity index is 1.19. The lowest BCUT2D eigenvalue weighted by atomic mass is 9.48. The molecule has 5 aliphatic rings. The smallest absolute Gasteiger partial charge is 0.434 e. The van der Waals surface area contributed by atoms with Crippen molar-refractivity contribution < 1.29 is 46.1 Å². The largest absolute Gasteiger partial charge is 0.490 e. The number of alkyl halides is 5. The highest BCUT2D eigenvalue weighted by Gasteiger charge is 2.62. The summed E-state index contributed by atoms with van der Waals surface area (Å²) in [6.07, 6.45) is 1.89. The molecule has 52 heavy (non-hydrogen) atoms. The highest BCUT2D eigenvalue weighted by atomic mass is 19.4. The number of methoxy groups -OCH3 is 1. The van der Waals surface area contributed by atoms with Gasteiger partial charge in [0.2, 0.25) is 0 Å². The Morgan fingerprint density at radius 1 is 1.06 bits per heavy atom. The summed E-state index contributed by atoms with van der Waals surface area (Å²) in [7, 11) is 1.54. The molecule has 0 radical (unpaired) electrons. The molecular formula is C37H44F5N5O5. The molecular weight excluding hydrogens is 689 g/mol. The number of carboxylic acids is 1. The van der Waals surface area contributed by atoms with Crippen LogP contribution in [0.5, 0.6) is 5.75 Å². The van der Waals surface area contributed by atoms with E-state index in [-0.39, 0.29) is 43.0 Å². The Kier molecular flexibility index (Phi) is 9.50. The van der Waals surface area contributed by atoms with Gasteiger partial charge in [-0.25, -0.2) is 23.5 Å². The van der Waals surface area contributed by atoms with E-state index in [1.807, 2.05) is 11.5 Å². The van der Waals surface area contributed by atoms with Gasteiger partial charge in [-0.2, -0.15) is 13.2 Å². The summed E-state index contributed by atoms with van der Waals surface area (Å²) in [6, 6.07) is 4.94. The van der Waals surface area contributed by atoms with Gasteiger partial charge < -0.3 is 24.5 Å². The zero-order valence-corrected chi connectivity index (χ0v) is 29.4. The van der Waals surface area contributed by atoms with Crippen LogP contribution in [0.4, 0.5) is 22.0 Å². The molecule has 0 spiro atoms. The molecule has 15 heteroatoms. The first-order chi connectivity index (χ1) is 24.6. The fraction of sp³-hybridized carbons (Fsp3) is 0.622. The van der Waals surface area contributed by atoms with E-state index < -0.39 is 40.8 Å². The normalized spacial score (nSPS) is 27.2. The Hall–Kier alpha value is -3.85. The molecule has 1 atom stereocenters. The number of amides is 1. The van der Waals surface area contributed by atoms with Crippen LogP contribution in [-0.4, -0.2) is 87.3 Å². The van der Waals surface area contributed by atoms with Crippen molar-refractivity contribution in [1.29, 1.82) is 0 Å². The summed E-state index contributed by atoms with van der Waals surface area (Å²) in [5.41, 5.74) is -3.00. The Morgan fingerprint density at radius 2 is 1.71 bits per heavy atom. The summed E-state index contributed by atoms with van der Waals surface area (Å²) in [5.74, 6) is -4.84. The highest BCUT2D eigenvalue weighted by Crippen LogP contribution is 2.58. The molecule has 10 nitrogen and oxygen atoms in total. The average Bonchev–Trinajstić information content (AvgIpc) is 3.44. The number of fused-ring (bicyclic) bond motifs is 1. The van der Waals surface area contributed by atoms with E-state index in [1.54, 1.807) is 36.4 Å². The van der Waals surface area contributed by atoms with Crippen LogP contribution in [-0.2, 0) is 15.7 Å². The van der Waals surface area contributed by atoms with Crippen molar-refractivity contribution in [2.75, 3.05) is 33.4 Å². The first-order valence-electron chi connectivity index (χ1n) is 18.0. The number of halogens is 5. The molecule has 1 aliphatic heterocycles. The standard InChI is InChI=1S/C37H44F5N5O5/c1-20(18-51-3)47-17-29(27-5-4-26(15-30(27)47)52-25-6-8-46(9-7-25)19-35(2,38)39)32-43-16-28(31(44-32)37(40,41)42)33(48)45-36(34(49)50)23-11-21-10-22(13-23)14-24(36)12-21/h4-5,15-17,20-25H,6-14,18-19H2,1-3H3,(H,45,48)(H,49,50)/t20-,21?,22?,23?,24?,36?/m1/s1. The van der Waals surface area contributed by atoms with Crippen LogP contribution in [0.2, 0.25) is 0 Å². The number of hydrogen-bond donors (Lipinski definition) is 2. The number of carbonyl (C=O) groups is 2. The summed E-state index contributed by atoms with van der Waals surface area (Å²) in [4.78, 5) is 36.4. The van der Waals surface area contributed by atoms with Crippen LogP contribution in [0.3, 0.4) is 0 Å². The zero-order valence-electron chi connectivity index (χ0n) is 29.4. The molecule has 2 aromatic heterocycles. The van der Waals surface area contributed by atoms with Gasteiger partial charge in [-0.3, -0.25) is 9.69 Å². The monoisotopic (exact) mass is 733 g/mol. The van der Waals surface area contributed by atoms with Gasteiger partial charge in [0.15, 0.2) is 11.5 Å². The second-order valence-electron chi connectivity index (χ2n) is 15.5. The molecule has 3 aromatic rings. The van der Waals surface area contributed by atoms with Crippen molar-refractivity contribution in [2.45, 2.75) is 88.6 Å². The van der Waals surface area contributed by atoms with Gasteiger partial charge in [-0.15, -0.1) is 0 Å². The number of carboxylic acid groups (broad SMARTS) is 1. The Morgan fingerprint density at radius 3 is 2.29 bits per heavy atom. The maximum Gasteiger partial charge on any atom is 0.434 e. The lowest BCUT2D eigenvalue weighted by molar-refractivity contribution is -0.163. The molecule has 4 aliphatic carbocycles. The van der Waals surface area contributed by atoms with E-state index in [0.29, 0.717) is 85.7 Å². The van der Waals surface area contributed by atoms with Crippen molar-refractivity contribution in [1.82, 2.24) is 24.8 Å². The van der Waals surface area contributed by atoms with E-state index in [0.717, 1.165) is 19.5 Å². The third kappa shape index (κ3) is 6.85. The summed E-state index contributed by atoms with van der Waals surface area (Å²) in [6.45, 7) is 3.70. The van der Waals surface area contributed by atoms with Gasteiger partial charge in [0.25, 0.3) is 11.8 Å². The molecule has 4 bridgehead atoms. The van der Waals surface area contributed by atoms with Crippen molar-refractivity contribution in [3.63, 3.8) is 0 Å². The molecule has 282 valence electrons. The van der Waals surface area contributed by atoms with Crippen LogP contribution in [0.15, 0.2) is 30.6 Å². The van der Waals surface area contributed by atoms with Crippen molar-refractivity contribution >= 4 is 22.8 Å². The van der Waals surface area contributed by atoms with E-state index in [9.17, 15) is 36.6 Å². The first-order valence-corrected chi connectivity index (χ1v) is 18.0. The lowest BCUT2D eigenvalue weighted by Crippen LogP contribution is -2.70. The molecule has 1 aromatic carbocycles. The number of nitrogens with one attached hydrogen (secondary N) is 1. The average molecular weight is 734 g/mol. The minimum atomic E-state index is -5.05. The molecule has 2 N–H and O–H groups in total. The van der Waals surface area contributed by atoms with Gasteiger partial charge >= 0.3 is 12.1 Å². The number of ether oxygens (including phenoxy) is 2. The van der Waals surface area contributed by atoms with Crippen LogP contribution >= 0.6 is 0 Å². The zero-order chi connectivity index (χ0) is 37.2. The molecule has 5 fully saturated rings. The number of rotatable bonds is 11. The fourth-order valence-corrected chi connectivity index (χ4v) is 9.62. The van der Waals surface area contributed by atoms with Gasteiger partial charge in [-0.1, -0.05) is 0 Å². The molecule has 1 amide bonds. The summed E-state index contributed by atoms with van der Waals surface area (Å²) < 4.78 is 84.6. The quantitative estimate of drug-likeness (QED) is 0.206. The van der Waals surface area contributed by atoms with Gasteiger partial charge in [0.1, 0.15) is 17.4 Å². The van der Waals surface area contributed by atoms with Crippen LogP contribution < -0.4 is 10.1 Å². The molecule has 4 saturated carbocycles. The molecule has 0 unspecified atom stereocenters. The third-order valence-corrected chi connectivity index (χ3v) is 11.7.